The molecule has 0 radical (unpaired) electrons. The molecule has 0 saturated heterocycles. The molecule has 3 nitrogen and oxygen atoms in total. The summed E-state index contributed by atoms with van der Waals surface area (Å²) in [5.41, 5.74) is 0.935. The summed E-state index contributed by atoms with van der Waals surface area (Å²) >= 11 is 7.31. The Morgan fingerprint density at radius 2 is 1.89 bits per heavy atom. The quantitative estimate of drug-likeness (QED) is 0.474. The third-order valence-electron chi connectivity index (χ3n) is 5.25. The van der Waals surface area contributed by atoms with Gasteiger partial charge in [-0.15, -0.1) is 23.5 Å². The zero-order valence-corrected chi connectivity index (χ0v) is 19.6. The van der Waals surface area contributed by atoms with E-state index in [-0.39, 0.29) is 11.9 Å². The number of carbonyl (C=O) groups excluding carboxylic acids is 1. The van der Waals surface area contributed by atoms with Crippen LogP contribution < -0.4 is 0 Å². The number of amides is 1. The van der Waals surface area contributed by atoms with Crippen molar-refractivity contribution in [2.45, 2.75) is 54.0 Å². The SMILES string of the molecule is CC(c1ccccn1)N(C)C(=O)CSC1CCCCC1Sc1ccc(Br)cc1. The number of pyridine rings is 1. The largest absolute Gasteiger partial charge is 0.337 e. The monoisotopic (exact) mass is 478 g/mol. The average molecular weight is 480 g/mol. The maximum Gasteiger partial charge on any atom is 0.232 e. The first-order chi connectivity index (χ1) is 13.5. The molecule has 0 N–H and O–H groups in total. The molecule has 0 aliphatic heterocycles. The summed E-state index contributed by atoms with van der Waals surface area (Å²) in [6.07, 6.45) is 6.77. The summed E-state index contributed by atoms with van der Waals surface area (Å²) < 4.78 is 1.11. The number of carbonyl (C=O) groups is 1. The van der Waals surface area contributed by atoms with Gasteiger partial charge in [-0.2, -0.15) is 0 Å². The average Bonchev–Trinajstić information content (AvgIpc) is 2.74. The first kappa shape index (κ1) is 21.7. The molecule has 0 spiro atoms. The lowest BCUT2D eigenvalue weighted by Crippen LogP contribution is -2.33. The van der Waals surface area contributed by atoms with E-state index in [4.69, 9.17) is 0 Å². The molecule has 1 amide bonds. The number of rotatable bonds is 7. The van der Waals surface area contributed by atoms with E-state index >= 15 is 0 Å². The van der Waals surface area contributed by atoms with Crippen LogP contribution in [0.4, 0.5) is 0 Å². The van der Waals surface area contributed by atoms with Crippen molar-refractivity contribution in [3.8, 4) is 0 Å². The lowest BCUT2D eigenvalue weighted by atomic mass is 10.00. The number of hydrogen-bond donors (Lipinski definition) is 0. The number of aromatic nitrogens is 1. The van der Waals surface area contributed by atoms with Gasteiger partial charge in [-0.25, -0.2) is 0 Å². The van der Waals surface area contributed by atoms with E-state index in [2.05, 4.69) is 45.2 Å². The molecule has 1 aliphatic rings. The van der Waals surface area contributed by atoms with Gasteiger partial charge in [0.15, 0.2) is 0 Å². The highest BCUT2D eigenvalue weighted by atomic mass is 79.9. The van der Waals surface area contributed by atoms with Gasteiger partial charge in [0, 0.05) is 33.1 Å². The third-order valence-corrected chi connectivity index (χ3v) is 8.77. The third kappa shape index (κ3) is 6.01. The highest BCUT2D eigenvalue weighted by Gasteiger charge is 2.28. The van der Waals surface area contributed by atoms with Crippen LogP contribution in [0.5, 0.6) is 0 Å². The van der Waals surface area contributed by atoms with Crippen LogP contribution in [0.15, 0.2) is 58.0 Å². The normalized spacial score (nSPS) is 20.5. The van der Waals surface area contributed by atoms with Gasteiger partial charge in [0.05, 0.1) is 17.5 Å². The standard InChI is InChI=1S/C22H27BrN2OS2/c1-16(19-7-5-6-14-24-19)25(2)22(26)15-27-20-8-3-4-9-21(20)28-18-12-10-17(23)11-13-18/h5-7,10-14,16,20-21H,3-4,8-9,15H2,1-2H3. The van der Waals surface area contributed by atoms with Gasteiger partial charge in [-0.05, 0) is 56.2 Å². The van der Waals surface area contributed by atoms with E-state index in [0.717, 1.165) is 10.2 Å². The number of hydrogen-bond acceptors (Lipinski definition) is 4. The Kier molecular flexibility index (Phi) is 8.30. The van der Waals surface area contributed by atoms with E-state index in [1.807, 2.05) is 60.6 Å². The van der Waals surface area contributed by atoms with Gasteiger partial charge < -0.3 is 4.90 Å². The predicted octanol–water partition coefficient (Wildman–Crippen LogP) is 6.20. The first-order valence-corrected chi connectivity index (χ1v) is 12.5. The van der Waals surface area contributed by atoms with Crippen molar-refractivity contribution >= 4 is 45.4 Å². The maximum atomic E-state index is 12.8. The van der Waals surface area contributed by atoms with Crippen LogP contribution in [0.1, 0.15) is 44.3 Å². The highest BCUT2D eigenvalue weighted by molar-refractivity contribution is 9.10. The van der Waals surface area contributed by atoms with Crippen LogP contribution in [0.2, 0.25) is 0 Å². The summed E-state index contributed by atoms with van der Waals surface area (Å²) in [6, 6.07) is 14.4. The molecule has 1 aromatic carbocycles. The highest BCUT2D eigenvalue weighted by Crippen LogP contribution is 2.40. The van der Waals surface area contributed by atoms with Crippen molar-refractivity contribution in [1.29, 1.82) is 0 Å². The minimum absolute atomic E-state index is 0.00593. The van der Waals surface area contributed by atoms with Gasteiger partial charge in [-0.1, -0.05) is 34.8 Å². The molecule has 150 valence electrons. The van der Waals surface area contributed by atoms with Crippen LogP contribution in [-0.4, -0.2) is 39.1 Å². The molecule has 1 fully saturated rings. The fourth-order valence-electron chi connectivity index (χ4n) is 3.39. The molecule has 3 atom stereocenters. The lowest BCUT2D eigenvalue weighted by Gasteiger charge is -2.31. The Morgan fingerprint density at radius 3 is 2.57 bits per heavy atom. The van der Waals surface area contributed by atoms with Crippen LogP contribution in [0.3, 0.4) is 0 Å². The number of halogens is 1. The Balaban J connectivity index is 1.55. The first-order valence-electron chi connectivity index (χ1n) is 9.75. The van der Waals surface area contributed by atoms with Crippen molar-refractivity contribution in [2.75, 3.05) is 12.8 Å². The van der Waals surface area contributed by atoms with Gasteiger partial charge in [0.2, 0.25) is 5.91 Å². The number of thioether (sulfide) groups is 2. The minimum atomic E-state index is -0.00593. The number of benzene rings is 1. The fourth-order valence-corrected chi connectivity index (χ4v) is 6.52. The Bertz CT molecular complexity index is 757. The van der Waals surface area contributed by atoms with E-state index in [0.29, 0.717) is 16.3 Å². The van der Waals surface area contributed by atoms with Crippen LogP contribution in [-0.2, 0) is 4.79 Å². The van der Waals surface area contributed by atoms with E-state index < -0.39 is 0 Å². The molecule has 0 bridgehead atoms. The summed E-state index contributed by atoms with van der Waals surface area (Å²) in [5, 5.41) is 1.11. The summed E-state index contributed by atoms with van der Waals surface area (Å²) in [7, 11) is 1.89. The van der Waals surface area contributed by atoms with Gasteiger partial charge in [0.25, 0.3) is 0 Å². The minimum Gasteiger partial charge on any atom is -0.337 e. The molecule has 1 saturated carbocycles. The van der Waals surface area contributed by atoms with Crippen LogP contribution >= 0.6 is 39.5 Å². The molecule has 1 aliphatic carbocycles. The second-order valence-corrected chi connectivity index (χ2v) is 10.6. The smallest absolute Gasteiger partial charge is 0.232 e. The summed E-state index contributed by atoms with van der Waals surface area (Å²) in [5.74, 6) is 0.719. The molecular weight excluding hydrogens is 452 g/mol. The zero-order valence-electron chi connectivity index (χ0n) is 16.4. The second kappa shape index (κ2) is 10.7. The van der Waals surface area contributed by atoms with E-state index in [1.165, 1.54) is 30.6 Å². The summed E-state index contributed by atoms with van der Waals surface area (Å²) in [4.78, 5) is 20.3. The van der Waals surface area contributed by atoms with Gasteiger partial charge >= 0.3 is 0 Å². The van der Waals surface area contributed by atoms with E-state index in [9.17, 15) is 4.79 Å². The maximum absolute atomic E-state index is 12.8. The molecule has 3 unspecified atom stereocenters. The van der Waals surface area contributed by atoms with Crippen molar-refractivity contribution in [1.82, 2.24) is 9.88 Å². The Hall–Kier alpha value is -0.980. The van der Waals surface area contributed by atoms with Crippen LogP contribution in [0, 0.1) is 0 Å². The van der Waals surface area contributed by atoms with Crippen molar-refractivity contribution in [2.24, 2.45) is 0 Å². The molecular formula is C22H27BrN2OS2. The molecule has 3 rings (SSSR count). The van der Waals surface area contributed by atoms with Gasteiger partial charge in [0.1, 0.15) is 0 Å². The van der Waals surface area contributed by atoms with Crippen molar-refractivity contribution in [3.05, 3.63) is 58.8 Å². The fraction of sp³-hybridized carbons (Fsp3) is 0.455. The summed E-state index contributed by atoms with van der Waals surface area (Å²) in [6.45, 7) is 2.04. The van der Waals surface area contributed by atoms with Crippen molar-refractivity contribution in [3.63, 3.8) is 0 Å². The zero-order chi connectivity index (χ0) is 19.9. The molecule has 28 heavy (non-hydrogen) atoms. The topological polar surface area (TPSA) is 33.2 Å². The van der Waals surface area contributed by atoms with Gasteiger partial charge in [-0.3, -0.25) is 9.78 Å². The molecule has 1 aromatic heterocycles. The Morgan fingerprint density at radius 1 is 1.18 bits per heavy atom. The second-order valence-electron chi connectivity index (χ2n) is 7.18. The Labute approximate surface area is 185 Å². The number of nitrogens with zero attached hydrogens (tertiary/aromatic N) is 2. The van der Waals surface area contributed by atoms with Crippen LogP contribution in [0.25, 0.3) is 0 Å². The lowest BCUT2D eigenvalue weighted by molar-refractivity contribution is -0.129. The molecule has 6 heteroatoms. The van der Waals surface area contributed by atoms with Crippen molar-refractivity contribution < 1.29 is 4.79 Å². The predicted molar refractivity (Wildman–Crippen MR) is 124 cm³/mol. The molecule has 2 aromatic rings. The molecule has 1 heterocycles. The van der Waals surface area contributed by atoms with E-state index in [1.54, 1.807) is 6.20 Å².